The fraction of sp³-hybridized carbons (Fsp3) is 0.750. The predicted molar refractivity (Wildman–Crippen MR) is 69.8 cm³/mol. The van der Waals surface area contributed by atoms with Crippen LogP contribution in [-0.4, -0.2) is 22.9 Å². The van der Waals surface area contributed by atoms with Crippen LogP contribution in [0.25, 0.3) is 0 Å². The van der Waals surface area contributed by atoms with Crippen LogP contribution >= 0.6 is 15.9 Å². The van der Waals surface area contributed by atoms with Crippen molar-refractivity contribution >= 4 is 15.9 Å². The molecule has 0 amide bonds. The van der Waals surface area contributed by atoms with E-state index in [1.165, 1.54) is 0 Å². The van der Waals surface area contributed by atoms with Crippen molar-refractivity contribution < 1.29 is 4.39 Å². The normalized spacial score (nSPS) is 19.8. The maximum atomic E-state index is 14.6. The fourth-order valence-corrected chi connectivity index (χ4v) is 2.87. The van der Waals surface area contributed by atoms with Gasteiger partial charge in [-0.25, -0.2) is 4.39 Å². The minimum atomic E-state index is -0.920. The lowest BCUT2D eigenvalue weighted by atomic mass is 9.91. The Kier molecular flexibility index (Phi) is 4.20. The van der Waals surface area contributed by atoms with Gasteiger partial charge < -0.3 is 5.32 Å². The van der Waals surface area contributed by atoms with E-state index in [1.807, 2.05) is 13.8 Å². The number of aromatic nitrogens is 2. The Balaban J connectivity index is 2.22. The summed E-state index contributed by atoms with van der Waals surface area (Å²) in [6, 6.07) is 0.191. The van der Waals surface area contributed by atoms with Crippen molar-refractivity contribution in [1.29, 1.82) is 0 Å². The lowest BCUT2D eigenvalue weighted by Gasteiger charge is -2.27. The molecule has 1 atom stereocenters. The molecule has 1 aliphatic rings. The van der Waals surface area contributed by atoms with Gasteiger partial charge in [0.15, 0.2) is 0 Å². The number of halogens is 2. The Bertz CT molecular complexity index is 372. The Morgan fingerprint density at radius 1 is 1.47 bits per heavy atom. The molecule has 1 aliphatic heterocycles. The molecule has 0 aromatic carbocycles. The van der Waals surface area contributed by atoms with Gasteiger partial charge in [-0.2, -0.15) is 5.10 Å². The first-order chi connectivity index (χ1) is 8.11. The summed E-state index contributed by atoms with van der Waals surface area (Å²) in [5.74, 6) is 0.113. The highest BCUT2D eigenvalue weighted by Crippen LogP contribution is 2.37. The molecule has 0 aliphatic carbocycles. The molecule has 2 rings (SSSR count). The minimum Gasteiger partial charge on any atom is -0.317 e. The quantitative estimate of drug-likeness (QED) is 0.929. The second-order valence-corrected chi connectivity index (χ2v) is 5.76. The van der Waals surface area contributed by atoms with Crippen molar-refractivity contribution in [2.45, 2.75) is 38.9 Å². The monoisotopic (exact) mass is 303 g/mol. The molecule has 3 nitrogen and oxygen atoms in total. The van der Waals surface area contributed by atoms with Crippen molar-refractivity contribution in [3.05, 3.63) is 16.4 Å². The van der Waals surface area contributed by atoms with Gasteiger partial charge in [0, 0.05) is 6.04 Å². The fourth-order valence-electron chi connectivity index (χ4n) is 2.38. The lowest BCUT2D eigenvalue weighted by molar-refractivity contribution is 0.177. The molecule has 1 saturated heterocycles. The van der Waals surface area contributed by atoms with Gasteiger partial charge in [-0.05, 0) is 61.6 Å². The standard InChI is InChI=1S/C12H19BrFN3/c1-8(2)17-12(10(13)7-16-17)11(14)9-3-5-15-6-4-9/h7-9,11,15H,3-6H2,1-2H3. The molecule has 0 bridgehead atoms. The molecular weight excluding hydrogens is 285 g/mol. The zero-order chi connectivity index (χ0) is 12.4. The molecule has 1 N–H and O–H groups in total. The van der Waals surface area contributed by atoms with E-state index in [1.54, 1.807) is 10.9 Å². The number of nitrogens with zero attached hydrogens (tertiary/aromatic N) is 2. The van der Waals surface area contributed by atoms with Crippen LogP contribution in [0.15, 0.2) is 10.7 Å². The first-order valence-corrected chi connectivity index (χ1v) is 6.98. The molecule has 1 aromatic rings. The summed E-state index contributed by atoms with van der Waals surface area (Å²) in [5.41, 5.74) is 0.701. The number of hydrogen-bond acceptors (Lipinski definition) is 2. The van der Waals surface area contributed by atoms with Crippen molar-refractivity contribution in [3.63, 3.8) is 0 Å². The zero-order valence-electron chi connectivity index (χ0n) is 10.3. The minimum absolute atomic E-state index is 0.113. The van der Waals surface area contributed by atoms with E-state index in [2.05, 4.69) is 26.3 Å². The summed E-state index contributed by atoms with van der Waals surface area (Å²) in [4.78, 5) is 0. The topological polar surface area (TPSA) is 29.9 Å². The van der Waals surface area contributed by atoms with Crippen LogP contribution in [0.2, 0.25) is 0 Å². The summed E-state index contributed by atoms with van der Waals surface area (Å²) in [6.45, 7) is 5.88. The van der Waals surface area contributed by atoms with Crippen molar-refractivity contribution in [3.8, 4) is 0 Å². The highest BCUT2D eigenvalue weighted by Gasteiger charge is 2.29. The molecule has 0 spiro atoms. The third kappa shape index (κ3) is 2.71. The second kappa shape index (κ2) is 5.48. The van der Waals surface area contributed by atoms with E-state index in [9.17, 15) is 4.39 Å². The maximum Gasteiger partial charge on any atom is 0.146 e. The molecule has 1 fully saturated rings. The summed E-state index contributed by atoms with van der Waals surface area (Å²) in [6.07, 6.45) is 2.58. The van der Waals surface area contributed by atoms with Crippen LogP contribution in [0, 0.1) is 5.92 Å². The van der Waals surface area contributed by atoms with E-state index < -0.39 is 6.17 Å². The Hall–Kier alpha value is -0.420. The van der Waals surface area contributed by atoms with E-state index in [4.69, 9.17) is 0 Å². The molecule has 2 heterocycles. The maximum absolute atomic E-state index is 14.6. The van der Waals surface area contributed by atoms with E-state index in [-0.39, 0.29) is 12.0 Å². The second-order valence-electron chi connectivity index (χ2n) is 4.91. The molecule has 5 heteroatoms. The van der Waals surface area contributed by atoms with Gasteiger partial charge in [0.2, 0.25) is 0 Å². The van der Waals surface area contributed by atoms with Gasteiger partial charge >= 0.3 is 0 Å². The van der Waals surface area contributed by atoms with Gasteiger partial charge in [0.05, 0.1) is 16.4 Å². The van der Waals surface area contributed by atoms with Crippen LogP contribution in [0.5, 0.6) is 0 Å². The number of hydrogen-bond donors (Lipinski definition) is 1. The van der Waals surface area contributed by atoms with Crippen molar-refractivity contribution in [1.82, 2.24) is 15.1 Å². The Labute approximate surface area is 110 Å². The average molecular weight is 304 g/mol. The molecule has 1 aromatic heterocycles. The van der Waals surface area contributed by atoms with Crippen molar-refractivity contribution in [2.75, 3.05) is 13.1 Å². The van der Waals surface area contributed by atoms with Gasteiger partial charge in [0.1, 0.15) is 6.17 Å². The number of rotatable bonds is 3. The molecule has 96 valence electrons. The molecule has 17 heavy (non-hydrogen) atoms. The molecule has 1 unspecified atom stereocenters. The summed E-state index contributed by atoms with van der Waals surface area (Å²) >= 11 is 3.41. The van der Waals surface area contributed by atoms with Crippen LogP contribution in [0.3, 0.4) is 0 Å². The largest absolute Gasteiger partial charge is 0.317 e. The molecular formula is C12H19BrFN3. The van der Waals surface area contributed by atoms with Gasteiger partial charge in [-0.3, -0.25) is 4.68 Å². The van der Waals surface area contributed by atoms with E-state index in [0.717, 1.165) is 30.4 Å². The molecule has 0 saturated carbocycles. The Morgan fingerprint density at radius 3 is 2.71 bits per heavy atom. The van der Waals surface area contributed by atoms with Crippen LogP contribution in [0.4, 0.5) is 4.39 Å². The first-order valence-electron chi connectivity index (χ1n) is 6.19. The third-order valence-corrected chi connectivity index (χ3v) is 3.95. The zero-order valence-corrected chi connectivity index (χ0v) is 11.9. The van der Waals surface area contributed by atoms with Crippen LogP contribution in [-0.2, 0) is 0 Å². The van der Waals surface area contributed by atoms with Gasteiger partial charge in [-0.15, -0.1) is 0 Å². The third-order valence-electron chi connectivity index (χ3n) is 3.34. The predicted octanol–water partition coefficient (Wildman–Crippen LogP) is 3.24. The van der Waals surface area contributed by atoms with Gasteiger partial charge in [-0.1, -0.05) is 0 Å². The summed E-state index contributed by atoms with van der Waals surface area (Å²) in [5, 5.41) is 7.51. The number of alkyl halides is 1. The average Bonchev–Trinajstić information content (AvgIpc) is 2.71. The van der Waals surface area contributed by atoms with Crippen molar-refractivity contribution in [2.24, 2.45) is 5.92 Å². The smallest absolute Gasteiger partial charge is 0.146 e. The summed E-state index contributed by atoms with van der Waals surface area (Å²) < 4.78 is 17.2. The van der Waals surface area contributed by atoms with Gasteiger partial charge in [0.25, 0.3) is 0 Å². The van der Waals surface area contributed by atoms with Crippen LogP contribution in [0.1, 0.15) is 44.6 Å². The van der Waals surface area contributed by atoms with E-state index in [0.29, 0.717) is 5.69 Å². The lowest BCUT2D eigenvalue weighted by Crippen LogP contribution is -2.30. The van der Waals surface area contributed by atoms with E-state index >= 15 is 0 Å². The molecule has 0 radical (unpaired) electrons. The first kappa shape index (κ1) is 13.0. The summed E-state index contributed by atoms with van der Waals surface area (Å²) in [7, 11) is 0. The SMILES string of the molecule is CC(C)n1ncc(Br)c1C(F)C1CCNCC1. The number of nitrogens with one attached hydrogen (secondary N) is 1. The highest BCUT2D eigenvalue weighted by atomic mass is 79.9. The highest BCUT2D eigenvalue weighted by molar-refractivity contribution is 9.10. The van der Waals surface area contributed by atoms with Crippen LogP contribution < -0.4 is 5.32 Å². The Morgan fingerprint density at radius 2 is 2.12 bits per heavy atom. The number of piperidine rings is 1.